The molecular formula is C16H17N3O3. The summed E-state index contributed by atoms with van der Waals surface area (Å²) in [6.07, 6.45) is 3.34. The molecule has 0 saturated heterocycles. The topological polar surface area (TPSA) is 83.7 Å². The molecule has 0 unspecified atom stereocenters. The Morgan fingerprint density at radius 2 is 1.91 bits per heavy atom. The number of carbonyl (C=O) groups is 2. The second-order valence-corrected chi connectivity index (χ2v) is 4.57. The number of nitrogens with zero attached hydrogens (tertiary/aromatic N) is 1. The van der Waals surface area contributed by atoms with Crippen molar-refractivity contribution >= 4 is 18.0 Å². The minimum absolute atomic E-state index is 0.260. The van der Waals surface area contributed by atoms with Gasteiger partial charge in [-0.15, -0.1) is 0 Å². The van der Waals surface area contributed by atoms with Gasteiger partial charge in [0.25, 0.3) is 0 Å². The van der Waals surface area contributed by atoms with Crippen molar-refractivity contribution in [2.45, 2.75) is 12.8 Å². The Morgan fingerprint density at radius 1 is 1.09 bits per heavy atom. The lowest BCUT2D eigenvalue weighted by molar-refractivity contribution is -0.129. The number of amides is 2. The van der Waals surface area contributed by atoms with Gasteiger partial charge in [-0.1, -0.05) is 30.3 Å². The highest BCUT2D eigenvalue weighted by atomic mass is 16.3. The van der Waals surface area contributed by atoms with Gasteiger partial charge in [0.15, 0.2) is 0 Å². The van der Waals surface area contributed by atoms with Gasteiger partial charge in [0.05, 0.1) is 12.5 Å². The minimum atomic E-state index is -0.472. The van der Waals surface area contributed by atoms with Crippen molar-refractivity contribution in [2.24, 2.45) is 5.10 Å². The van der Waals surface area contributed by atoms with Crippen LogP contribution in [0.2, 0.25) is 0 Å². The van der Waals surface area contributed by atoms with E-state index in [1.807, 2.05) is 30.3 Å². The molecule has 0 bridgehead atoms. The van der Waals surface area contributed by atoms with Crippen LogP contribution >= 0.6 is 0 Å². The fourth-order valence-electron chi connectivity index (χ4n) is 1.77. The summed E-state index contributed by atoms with van der Waals surface area (Å²) in [6, 6.07) is 13.2. The third-order valence-corrected chi connectivity index (χ3v) is 2.82. The number of hydrogen-bond acceptors (Lipinski definition) is 4. The van der Waals surface area contributed by atoms with Crippen LogP contribution in [0.4, 0.5) is 0 Å². The van der Waals surface area contributed by atoms with E-state index < -0.39 is 5.91 Å². The molecule has 2 amide bonds. The molecule has 0 radical (unpaired) electrons. The van der Waals surface area contributed by atoms with Gasteiger partial charge in [-0.05, 0) is 24.1 Å². The quantitative estimate of drug-likeness (QED) is 0.461. The Bertz CT molecular complexity index is 621. The maximum Gasteiger partial charge on any atom is 0.249 e. The van der Waals surface area contributed by atoms with Crippen molar-refractivity contribution in [3.8, 4) is 0 Å². The molecule has 0 saturated carbocycles. The van der Waals surface area contributed by atoms with E-state index >= 15 is 0 Å². The van der Waals surface area contributed by atoms with Crippen molar-refractivity contribution in [2.75, 3.05) is 6.54 Å². The smallest absolute Gasteiger partial charge is 0.249 e. The summed E-state index contributed by atoms with van der Waals surface area (Å²) in [5.41, 5.74) is 3.40. The Hall–Kier alpha value is -2.89. The molecule has 0 fully saturated rings. The van der Waals surface area contributed by atoms with E-state index in [9.17, 15) is 9.59 Å². The molecule has 6 heteroatoms. The van der Waals surface area contributed by atoms with Crippen LogP contribution in [0.15, 0.2) is 58.2 Å². The van der Waals surface area contributed by atoms with Crippen molar-refractivity contribution in [1.29, 1.82) is 0 Å². The van der Waals surface area contributed by atoms with Gasteiger partial charge in [-0.3, -0.25) is 9.59 Å². The summed E-state index contributed by atoms with van der Waals surface area (Å²) in [6.45, 7) is 0.492. The number of benzene rings is 1. The first kappa shape index (κ1) is 15.5. The molecule has 0 aliphatic heterocycles. The average Bonchev–Trinajstić information content (AvgIpc) is 3.01. The maximum atomic E-state index is 11.6. The summed E-state index contributed by atoms with van der Waals surface area (Å²) in [5.74, 6) is -0.283. The molecule has 22 heavy (non-hydrogen) atoms. The SMILES string of the molecule is O=C(CC(=O)N/N=C\c1ccco1)NCCc1ccccc1. The van der Waals surface area contributed by atoms with Gasteiger partial charge in [-0.2, -0.15) is 5.10 Å². The molecule has 1 heterocycles. The predicted molar refractivity (Wildman–Crippen MR) is 82.2 cm³/mol. The molecule has 1 aromatic carbocycles. The van der Waals surface area contributed by atoms with E-state index in [0.717, 1.165) is 12.0 Å². The summed E-state index contributed by atoms with van der Waals surface area (Å²) in [5, 5.41) is 6.39. The molecule has 0 spiro atoms. The van der Waals surface area contributed by atoms with Crippen LogP contribution in [0, 0.1) is 0 Å². The summed E-state index contributed by atoms with van der Waals surface area (Å²) in [7, 11) is 0. The molecule has 2 aromatic rings. The van der Waals surface area contributed by atoms with E-state index in [1.54, 1.807) is 12.1 Å². The molecule has 2 N–H and O–H groups in total. The van der Waals surface area contributed by atoms with Crippen LogP contribution in [0.3, 0.4) is 0 Å². The fourth-order valence-corrected chi connectivity index (χ4v) is 1.77. The first-order valence-corrected chi connectivity index (χ1v) is 6.90. The first-order chi connectivity index (χ1) is 10.7. The normalized spacial score (nSPS) is 10.5. The monoisotopic (exact) mass is 299 g/mol. The first-order valence-electron chi connectivity index (χ1n) is 6.90. The second kappa shape index (κ2) is 8.41. The lowest BCUT2D eigenvalue weighted by Crippen LogP contribution is -2.31. The van der Waals surface area contributed by atoms with Gasteiger partial charge in [0, 0.05) is 6.54 Å². The molecule has 6 nitrogen and oxygen atoms in total. The average molecular weight is 299 g/mol. The van der Waals surface area contributed by atoms with Crippen molar-refractivity contribution in [3.05, 3.63) is 60.1 Å². The Balaban J connectivity index is 1.63. The highest BCUT2D eigenvalue weighted by molar-refractivity contribution is 5.97. The molecule has 0 aliphatic rings. The Kier molecular flexibility index (Phi) is 5.92. The number of rotatable bonds is 7. The number of furan rings is 1. The lowest BCUT2D eigenvalue weighted by atomic mass is 10.1. The fraction of sp³-hybridized carbons (Fsp3) is 0.188. The van der Waals surface area contributed by atoms with Crippen molar-refractivity contribution in [1.82, 2.24) is 10.7 Å². The van der Waals surface area contributed by atoms with Crippen molar-refractivity contribution < 1.29 is 14.0 Å². The molecule has 114 valence electrons. The third-order valence-electron chi connectivity index (χ3n) is 2.82. The van der Waals surface area contributed by atoms with Crippen LogP contribution in [0.5, 0.6) is 0 Å². The molecule has 0 atom stereocenters. The number of hydrogen-bond donors (Lipinski definition) is 2. The standard InChI is InChI=1S/C16H17N3O3/c20-15(17-9-8-13-5-2-1-3-6-13)11-16(21)19-18-12-14-7-4-10-22-14/h1-7,10,12H,8-9,11H2,(H,17,20)(H,19,21)/b18-12-. The van der Waals surface area contributed by atoms with E-state index in [2.05, 4.69) is 15.8 Å². The summed E-state index contributed by atoms with van der Waals surface area (Å²) < 4.78 is 5.01. The van der Waals surface area contributed by atoms with Crippen LogP contribution < -0.4 is 10.7 Å². The van der Waals surface area contributed by atoms with Gasteiger partial charge < -0.3 is 9.73 Å². The highest BCUT2D eigenvalue weighted by Gasteiger charge is 2.07. The molecule has 0 aliphatic carbocycles. The van der Waals surface area contributed by atoms with Gasteiger partial charge in [-0.25, -0.2) is 5.43 Å². The zero-order chi connectivity index (χ0) is 15.6. The summed E-state index contributed by atoms with van der Waals surface area (Å²) >= 11 is 0. The van der Waals surface area contributed by atoms with Crippen LogP contribution in [0.25, 0.3) is 0 Å². The second-order valence-electron chi connectivity index (χ2n) is 4.57. The van der Waals surface area contributed by atoms with E-state index in [4.69, 9.17) is 4.42 Å². The lowest BCUT2D eigenvalue weighted by Gasteiger charge is -2.04. The number of carbonyl (C=O) groups excluding carboxylic acids is 2. The van der Waals surface area contributed by atoms with E-state index in [-0.39, 0.29) is 12.3 Å². The van der Waals surface area contributed by atoms with Gasteiger partial charge in [0.2, 0.25) is 11.8 Å². The predicted octanol–water partition coefficient (Wildman–Crippen LogP) is 1.48. The zero-order valence-corrected chi connectivity index (χ0v) is 12.0. The highest BCUT2D eigenvalue weighted by Crippen LogP contribution is 1.98. The molecular weight excluding hydrogens is 282 g/mol. The minimum Gasteiger partial charge on any atom is -0.463 e. The Labute approximate surface area is 128 Å². The summed E-state index contributed by atoms with van der Waals surface area (Å²) in [4.78, 5) is 23.1. The Morgan fingerprint density at radius 3 is 2.64 bits per heavy atom. The van der Waals surface area contributed by atoms with Gasteiger partial charge in [0.1, 0.15) is 12.2 Å². The van der Waals surface area contributed by atoms with E-state index in [0.29, 0.717) is 12.3 Å². The zero-order valence-electron chi connectivity index (χ0n) is 12.0. The number of hydrazone groups is 1. The van der Waals surface area contributed by atoms with E-state index in [1.165, 1.54) is 12.5 Å². The van der Waals surface area contributed by atoms with Crippen LogP contribution in [-0.4, -0.2) is 24.6 Å². The largest absolute Gasteiger partial charge is 0.463 e. The molecule has 2 rings (SSSR count). The van der Waals surface area contributed by atoms with Crippen LogP contribution in [0.1, 0.15) is 17.7 Å². The van der Waals surface area contributed by atoms with Crippen molar-refractivity contribution in [3.63, 3.8) is 0 Å². The third kappa shape index (κ3) is 5.62. The van der Waals surface area contributed by atoms with Crippen LogP contribution in [-0.2, 0) is 16.0 Å². The number of nitrogens with one attached hydrogen (secondary N) is 2. The maximum absolute atomic E-state index is 11.6. The van der Waals surface area contributed by atoms with Gasteiger partial charge >= 0.3 is 0 Å². The molecule has 1 aromatic heterocycles.